The lowest BCUT2D eigenvalue weighted by molar-refractivity contribution is 0.474. The highest BCUT2D eigenvalue weighted by molar-refractivity contribution is 7.99. The molecule has 3 rings (SSSR count). The van der Waals surface area contributed by atoms with Gasteiger partial charge in [0, 0.05) is 17.9 Å². The zero-order chi connectivity index (χ0) is 16.2. The number of fused-ring (bicyclic) bond motifs is 1. The molecule has 3 N–H and O–H groups in total. The van der Waals surface area contributed by atoms with Crippen LogP contribution >= 0.6 is 11.8 Å². The van der Waals surface area contributed by atoms with Crippen molar-refractivity contribution in [2.75, 3.05) is 5.73 Å². The van der Waals surface area contributed by atoms with Crippen LogP contribution in [-0.4, -0.2) is 24.6 Å². The number of terminal acetylenes is 1. The third kappa shape index (κ3) is 3.22. The summed E-state index contributed by atoms with van der Waals surface area (Å²) in [4.78, 5) is 13.7. The molecule has 2 aromatic heterocycles. The molecule has 0 atom stereocenters. The number of aromatic nitrogens is 4. The first-order valence-corrected chi connectivity index (χ1v) is 7.87. The van der Waals surface area contributed by atoms with E-state index in [1.54, 1.807) is 18.2 Å². The van der Waals surface area contributed by atoms with Gasteiger partial charge in [-0.25, -0.2) is 15.0 Å². The zero-order valence-electron chi connectivity index (χ0n) is 12.3. The van der Waals surface area contributed by atoms with Crippen LogP contribution in [0.2, 0.25) is 0 Å². The van der Waals surface area contributed by atoms with E-state index in [1.165, 1.54) is 18.1 Å². The lowest BCUT2D eigenvalue weighted by Crippen LogP contribution is -2.01. The van der Waals surface area contributed by atoms with Crippen molar-refractivity contribution in [3.8, 4) is 18.1 Å². The van der Waals surface area contributed by atoms with Crippen molar-refractivity contribution < 1.29 is 5.11 Å². The van der Waals surface area contributed by atoms with E-state index >= 15 is 0 Å². The predicted molar refractivity (Wildman–Crippen MR) is 90.0 cm³/mol. The number of aromatic hydroxyl groups is 1. The standard InChI is InChI=1S/C16H15N5OS/c1-2-3-4-8-21-15-13(14(17)18-10-19-15)20-16(21)23-12-7-5-6-11(22)9-12/h1,5-7,9-10,22H,3-4,8H2,(H2,17,18,19). The van der Waals surface area contributed by atoms with Crippen molar-refractivity contribution in [3.63, 3.8) is 0 Å². The highest BCUT2D eigenvalue weighted by Gasteiger charge is 2.15. The summed E-state index contributed by atoms with van der Waals surface area (Å²) in [6.45, 7) is 0.693. The lowest BCUT2D eigenvalue weighted by Gasteiger charge is -2.07. The van der Waals surface area contributed by atoms with Crippen LogP contribution in [0.15, 0.2) is 40.6 Å². The summed E-state index contributed by atoms with van der Waals surface area (Å²) in [5.41, 5.74) is 7.17. The number of nitrogens with zero attached hydrogens (tertiary/aromatic N) is 4. The Balaban J connectivity index is 2.02. The molecule has 0 aliphatic rings. The number of benzene rings is 1. The minimum absolute atomic E-state index is 0.212. The lowest BCUT2D eigenvalue weighted by atomic mass is 10.3. The van der Waals surface area contributed by atoms with Crippen LogP contribution in [0.5, 0.6) is 5.75 Å². The number of imidazole rings is 1. The van der Waals surface area contributed by atoms with Crippen molar-refractivity contribution in [3.05, 3.63) is 30.6 Å². The van der Waals surface area contributed by atoms with Gasteiger partial charge in [-0.1, -0.05) is 17.8 Å². The van der Waals surface area contributed by atoms with Crippen LogP contribution in [-0.2, 0) is 6.54 Å². The van der Waals surface area contributed by atoms with Gasteiger partial charge in [-0.3, -0.25) is 0 Å². The van der Waals surface area contributed by atoms with E-state index in [-0.39, 0.29) is 5.75 Å². The van der Waals surface area contributed by atoms with Gasteiger partial charge in [0.05, 0.1) is 0 Å². The van der Waals surface area contributed by atoms with E-state index < -0.39 is 0 Å². The minimum atomic E-state index is 0.212. The van der Waals surface area contributed by atoms with Gasteiger partial charge in [0.15, 0.2) is 22.1 Å². The van der Waals surface area contributed by atoms with Crippen molar-refractivity contribution in [2.24, 2.45) is 0 Å². The molecule has 116 valence electrons. The van der Waals surface area contributed by atoms with Crippen molar-refractivity contribution in [1.29, 1.82) is 0 Å². The van der Waals surface area contributed by atoms with Crippen molar-refractivity contribution in [1.82, 2.24) is 19.5 Å². The second kappa shape index (κ2) is 6.58. The van der Waals surface area contributed by atoms with Crippen molar-refractivity contribution in [2.45, 2.75) is 29.4 Å². The largest absolute Gasteiger partial charge is 0.508 e. The molecule has 0 saturated heterocycles. The highest BCUT2D eigenvalue weighted by Crippen LogP contribution is 2.32. The maximum absolute atomic E-state index is 9.61. The third-order valence-electron chi connectivity index (χ3n) is 3.25. The third-order valence-corrected chi connectivity index (χ3v) is 4.24. The van der Waals surface area contributed by atoms with E-state index in [0.29, 0.717) is 29.9 Å². The van der Waals surface area contributed by atoms with E-state index in [1.807, 2.05) is 10.6 Å². The first-order valence-electron chi connectivity index (χ1n) is 7.06. The Kier molecular flexibility index (Phi) is 4.35. The molecule has 0 bridgehead atoms. The molecule has 0 aliphatic heterocycles. The molecule has 6 nitrogen and oxygen atoms in total. The summed E-state index contributed by atoms with van der Waals surface area (Å²) in [5, 5.41) is 10.4. The fourth-order valence-electron chi connectivity index (χ4n) is 2.21. The molecule has 3 aromatic rings. The molecule has 0 spiro atoms. The Morgan fingerprint density at radius 1 is 1.35 bits per heavy atom. The summed E-state index contributed by atoms with van der Waals surface area (Å²) < 4.78 is 1.99. The van der Waals surface area contributed by atoms with Crippen LogP contribution in [0.3, 0.4) is 0 Å². The number of nitrogen functional groups attached to an aromatic ring is 1. The maximum atomic E-state index is 9.61. The minimum Gasteiger partial charge on any atom is -0.508 e. The van der Waals surface area contributed by atoms with Crippen molar-refractivity contribution >= 4 is 28.7 Å². The van der Waals surface area contributed by atoms with Gasteiger partial charge in [-0.2, -0.15) is 0 Å². The van der Waals surface area contributed by atoms with Gasteiger partial charge in [0.2, 0.25) is 0 Å². The first-order chi connectivity index (χ1) is 11.2. The summed E-state index contributed by atoms with van der Waals surface area (Å²) in [6, 6.07) is 7.01. The Morgan fingerprint density at radius 3 is 3.00 bits per heavy atom. The summed E-state index contributed by atoms with van der Waals surface area (Å²) in [5.74, 6) is 3.20. The summed E-state index contributed by atoms with van der Waals surface area (Å²) >= 11 is 1.44. The molecular weight excluding hydrogens is 310 g/mol. The van der Waals surface area contributed by atoms with E-state index in [4.69, 9.17) is 12.2 Å². The number of hydrogen-bond acceptors (Lipinski definition) is 6. The molecular formula is C16H15N5OS. The molecule has 7 heteroatoms. The van der Waals surface area contributed by atoms with Gasteiger partial charge in [0.25, 0.3) is 0 Å². The second-order valence-electron chi connectivity index (χ2n) is 4.88. The number of hydrogen-bond donors (Lipinski definition) is 2. The number of aryl methyl sites for hydroxylation is 1. The molecule has 0 aliphatic carbocycles. The number of unbranched alkanes of at least 4 members (excludes halogenated alkanes) is 1. The SMILES string of the molecule is C#CCCCn1c(Sc2cccc(O)c2)nc2c(N)ncnc21. The zero-order valence-corrected chi connectivity index (χ0v) is 13.1. The van der Waals surface area contributed by atoms with Gasteiger partial charge < -0.3 is 15.4 Å². The number of nitrogens with two attached hydrogens (primary N) is 1. The average molecular weight is 325 g/mol. The second-order valence-corrected chi connectivity index (χ2v) is 5.92. The molecule has 1 aromatic carbocycles. The van der Waals surface area contributed by atoms with Crippen LogP contribution in [0.1, 0.15) is 12.8 Å². The van der Waals surface area contributed by atoms with E-state index in [2.05, 4.69) is 20.9 Å². The number of phenols is 1. The Labute approximate surface area is 137 Å². The normalized spacial score (nSPS) is 10.7. The predicted octanol–water partition coefficient (Wildman–Crippen LogP) is 2.68. The van der Waals surface area contributed by atoms with Crippen LogP contribution in [0.25, 0.3) is 11.2 Å². The van der Waals surface area contributed by atoms with Gasteiger partial charge in [-0.15, -0.1) is 12.3 Å². The first kappa shape index (κ1) is 15.2. The maximum Gasteiger partial charge on any atom is 0.175 e. The molecule has 0 fully saturated rings. The monoisotopic (exact) mass is 325 g/mol. The summed E-state index contributed by atoms with van der Waals surface area (Å²) in [6.07, 6.45) is 8.26. The van der Waals surface area contributed by atoms with E-state index in [0.717, 1.165) is 16.5 Å². The Morgan fingerprint density at radius 2 is 2.22 bits per heavy atom. The molecule has 0 unspecified atom stereocenters. The molecule has 0 amide bonds. The number of phenolic OH excluding ortho intramolecular Hbond substituents is 1. The number of rotatable bonds is 5. The molecule has 2 heterocycles. The van der Waals surface area contributed by atoms with Crippen LogP contribution in [0.4, 0.5) is 5.82 Å². The topological polar surface area (TPSA) is 89.8 Å². The van der Waals surface area contributed by atoms with Gasteiger partial charge >= 0.3 is 0 Å². The summed E-state index contributed by atoms with van der Waals surface area (Å²) in [7, 11) is 0. The molecule has 23 heavy (non-hydrogen) atoms. The fraction of sp³-hybridized carbons (Fsp3) is 0.188. The molecule has 0 saturated carbocycles. The van der Waals surface area contributed by atoms with Gasteiger partial charge in [-0.05, 0) is 24.6 Å². The quantitative estimate of drug-likeness (QED) is 0.554. The van der Waals surface area contributed by atoms with E-state index in [9.17, 15) is 5.11 Å². The smallest absolute Gasteiger partial charge is 0.175 e. The fourth-order valence-corrected chi connectivity index (χ4v) is 3.17. The van der Waals surface area contributed by atoms with Crippen LogP contribution in [0, 0.1) is 12.3 Å². The Bertz CT molecular complexity index is 884. The average Bonchev–Trinajstić information content (AvgIpc) is 2.87. The highest BCUT2D eigenvalue weighted by atomic mass is 32.2. The van der Waals surface area contributed by atoms with Crippen LogP contribution < -0.4 is 5.73 Å². The molecule has 0 radical (unpaired) electrons. The Hall–Kier alpha value is -2.72. The van der Waals surface area contributed by atoms with Gasteiger partial charge in [0.1, 0.15) is 12.1 Å². The number of anilines is 1.